The molecular formula is C24H31Cl2N3O5S. The standard InChI is InChI=1S/C24H31Cl2N3O5S/c1-5-22(24(31)27-6-2)28(15-19-20(25)9-8-10-21(19)26)23(30)16-29(35(4,32)33)17-11-13-18(14-12-17)34-7-3/h8-14,22H,5-7,15-16H2,1-4H3,(H,27,31)/t22-/m1/s1. The van der Waals surface area contributed by atoms with Crippen LogP contribution < -0.4 is 14.4 Å². The van der Waals surface area contributed by atoms with E-state index < -0.39 is 28.5 Å². The van der Waals surface area contributed by atoms with Crippen LogP contribution in [0.5, 0.6) is 5.75 Å². The zero-order chi connectivity index (χ0) is 26.2. The lowest BCUT2D eigenvalue weighted by molar-refractivity contribution is -0.140. The van der Waals surface area contributed by atoms with E-state index >= 15 is 0 Å². The van der Waals surface area contributed by atoms with Gasteiger partial charge >= 0.3 is 0 Å². The lowest BCUT2D eigenvalue weighted by Crippen LogP contribution is -2.52. The minimum Gasteiger partial charge on any atom is -0.494 e. The number of carbonyl (C=O) groups is 2. The lowest BCUT2D eigenvalue weighted by Gasteiger charge is -2.33. The number of nitrogens with zero attached hydrogens (tertiary/aromatic N) is 2. The minimum absolute atomic E-state index is 0.0616. The average Bonchev–Trinajstić information content (AvgIpc) is 2.79. The van der Waals surface area contributed by atoms with Gasteiger partial charge in [-0.3, -0.25) is 13.9 Å². The molecule has 2 amide bonds. The Morgan fingerprint density at radius 2 is 1.63 bits per heavy atom. The smallest absolute Gasteiger partial charge is 0.244 e. The number of amides is 2. The molecule has 0 spiro atoms. The third-order valence-electron chi connectivity index (χ3n) is 5.24. The summed E-state index contributed by atoms with van der Waals surface area (Å²) in [4.78, 5) is 27.7. The van der Waals surface area contributed by atoms with Crippen LogP contribution in [0.15, 0.2) is 42.5 Å². The fraction of sp³-hybridized carbons (Fsp3) is 0.417. The second-order valence-corrected chi connectivity index (χ2v) is 10.5. The Morgan fingerprint density at radius 3 is 2.11 bits per heavy atom. The molecule has 2 aromatic rings. The summed E-state index contributed by atoms with van der Waals surface area (Å²) < 4.78 is 31.7. The van der Waals surface area contributed by atoms with Crippen LogP contribution in [0.1, 0.15) is 32.8 Å². The molecule has 0 unspecified atom stereocenters. The molecule has 1 atom stereocenters. The van der Waals surface area contributed by atoms with Gasteiger partial charge in [0.1, 0.15) is 18.3 Å². The number of nitrogens with one attached hydrogen (secondary N) is 1. The van der Waals surface area contributed by atoms with E-state index in [1.54, 1.807) is 56.3 Å². The van der Waals surface area contributed by atoms with Crippen LogP contribution in [0.3, 0.4) is 0 Å². The molecule has 2 rings (SSSR count). The Hall–Kier alpha value is -2.49. The van der Waals surface area contributed by atoms with Crippen LogP contribution in [0, 0.1) is 0 Å². The first-order valence-electron chi connectivity index (χ1n) is 11.2. The van der Waals surface area contributed by atoms with Crippen LogP contribution in [0.4, 0.5) is 5.69 Å². The molecule has 8 nitrogen and oxygen atoms in total. The molecule has 0 heterocycles. The van der Waals surface area contributed by atoms with E-state index in [-0.39, 0.29) is 12.5 Å². The molecular weight excluding hydrogens is 513 g/mol. The van der Waals surface area contributed by atoms with Crippen molar-refractivity contribution < 1.29 is 22.7 Å². The van der Waals surface area contributed by atoms with Gasteiger partial charge in [0.2, 0.25) is 21.8 Å². The molecule has 0 aliphatic rings. The normalized spacial score (nSPS) is 12.1. The maximum absolute atomic E-state index is 13.6. The van der Waals surface area contributed by atoms with E-state index in [9.17, 15) is 18.0 Å². The van der Waals surface area contributed by atoms with Crippen molar-refractivity contribution >= 4 is 50.7 Å². The number of benzene rings is 2. The Balaban J connectivity index is 2.46. The summed E-state index contributed by atoms with van der Waals surface area (Å²) in [5.41, 5.74) is 0.769. The molecule has 0 aliphatic heterocycles. The number of carbonyl (C=O) groups excluding carboxylic acids is 2. The van der Waals surface area contributed by atoms with Crippen LogP contribution >= 0.6 is 23.2 Å². The van der Waals surface area contributed by atoms with Crippen LogP contribution in [0.2, 0.25) is 10.0 Å². The largest absolute Gasteiger partial charge is 0.494 e. The van der Waals surface area contributed by atoms with E-state index in [2.05, 4.69) is 5.32 Å². The number of rotatable bonds is 12. The molecule has 0 saturated carbocycles. The Labute approximate surface area is 217 Å². The molecule has 0 aliphatic carbocycles. The quantitative estimate of drug-likeness (QED) is 0.434. The highest BCUT2D eigenvalue weighted by molar-refractivity contribution is 7.92. The zero-order valence-electron chi connectivity index (χ0n) is 20.3. The van der Waals surface area contributed by atoms with Gasteiger partial charge < -0.3 is 15.0 Å². The Kier molecular flexibility index (Phi) is 10.7. The Morgan fingerprint density at radius 1 is 1.03 bits per heavy atom. The van der Waals surface area contributed by atoms with Gasteiger partial charge in [0.15, 0.2) is 0 Å². The van der Waals surface area contributed by atoms with Crippen LogP contribution in [-0.2, 0) is 26.2 Å². The fourth-order valence-corrected chi connectivity index (χ4v) is 4.92. The summed E-state index contributed by atoms with van der Waals surface area (Å²) >= 11 is 12.7. The number of hydrogen-bond acceptors (Lipinski definition) is 5. The molecule has 0 radical (unpaired) electrons. The number of hydrogen-bond donors (Lipinski definition) is 1. The van der Waals surface area contributed by atoms with Crippen molar-refractivity contribution in [3.63, 3.8) is 0 Å². The molecule has 2 aromatic carbocycles. The summed E-state index contributed by atoms with van der Waals surface area (Å²) in [6, 6.07) is 10.5. The molecule has 0 fully saturated rings. The minimum atomic E-state index is -3.83. The first kappa shape index (κ1) is 28.7. The first-order chi connectivity index (χ1) is 16.5. The van der Waals surface area contributed by atoms with Crippen LogP contribution in [0.25, 0.3) is 0 Å². The fourth-order valence-electron chi connectivity index (χ4n) is 3.55. The van der Waals surface area contributed by atoms with Crippen molar-refractivity contribution in [1.82, 2.24) is 10.2 Å². The maximum atomic E-state index is 13.6. The summed E-state index contributed by atoms with van der Waals surface area (Å²) in [5.74, 6) is -0.342. The van der Waals surface area contributed by atoms with Crippen molar-refractivity contribution in [1.29, 1.82) is 0 Å². The lowest BCUT2D eigenvalue weighted by atomic mass is 10.1. The predicted molar refractivity (Wildman–Crippen MR) is 140 cm³/mol. The first-order valence-corrected chi connectivity index (χ1v) is 13.8. The molecule has 0 aromatic heterocycles. The van der Waals surface area contributed by atoms with Gasteiger partial charge in [0, 0.05) is 28.7 Å². The van der Waals surface area contributed by atoms with Gasteiger partial charge in [-0.25, -0.2) is 8.42 Å². The second kappa shape index (κ2) is 13.0. The molecule has 0 bridgehead atoms. The predicted octanol–water partition coefficient (Wildman–Crippen LogP) is 4.10. The van der Waals surface area contributed by atoms with Crippen molar-refractivity contribution in [2.45, 2.75) is 39.8 Å². The number of halogens is 2. The summed E-state index contributed by atoms with van der Waals surface area (Å²) in [6.45, 7) is 5.66. The average molecular weight is 545 g/mol. The summed E-state index contributed by atoms with van der Waals surface area (Å²) in [7, 11) is -3.83. The van der Waals surface area contributed by atoms with E-state index in [4.69, 9.17) is 27.9 Å². The van der Waals surface area contributed by atoms with Gasteiger partial charge in [0.25, 0.3) is 0 Å². The van der Waals surface area contributed by atoms with Crippen LogP contribution in [-0.4, -0.2) is 57.1 Å². The van der Waals surface area contributed by atoms with E-state index in [1.807, 2.05) is 6.92 Å². The number of likely N-dealkylation sites (N-methyl/N-ethyl adjacent to an activating group) is 1. The van der Waals surface area contributed by atoms with E-state index in [0.717, 1.165) is 10.6 Å². The molecule has 1 N–H and O–H groups in total. The van der Waals surface area contributed by atoms with Crippen molar-refractivity contribution in [2.24, 2.45) is 0 Å². The molecule has 0 saturated heterocycles. The molecule has 35 heavy (non-hydrogen) atoms. The van der Waals surface area contributed by atoms with Crippen molar-refractivity contribution in [3.05, 3.63) is 58.1 Å². The van der Waals surface area contributed by atoms with Gasteiger partial charge in [-0.1, -0.05) is 36.2 Å². The maximum Gasteiger partial charge on any atom is 0.244 e. The van der Waals surface area contributed by atoms with E-state index in [0.29, 0.717) is 46.6 Å². The number of ether oxygens (including phenoxy) is 1. The topological polar surface area (TPSA) is 96.0 Å². The van der Waals surface area contributed by atoms with Gasteiger partial charge in [0.05, 0.1) is 18.6 Å². The van der Waals surface area contributed by atoms with Gasteiger partial charge in [-0.15, -0.1) is 0 Å². The second-order valence-electron chi connectivity index (χ2n) is 7.74. The van der Waals surface area contributed by atoms with Crippen molar-refractivity contribution in [2.75, 3.05) is 30.3 Å². The number of anilines is 1. The summed E-state index contributed by atoms with van der Waals surface area (Å²) in [5, 5.41) is 3.42. The molecule has 192 valence electrons. The summed E-state index contributed by atoms with van der Waals surface area (Å²) in [6.07, 6.45) is 1.33. The highest BCUT2D eigenvalue weighted by Gasteiger charge is 2.32. The molecule has 11 heteroatoms. The third-order valence-corrected chi connectivity index (χ3v) is 7.09. The van der Waals surface area contributed by atoms with Crippen molar-refractivity contribution in [3.8, 4) is 5.75 Å². The van der Waals surface area contributed by atoms with Gasteiger partial charge in [-0.05, 0) is 56.7 Å². The number of sulfonamides is 1. The highest BCUT2D eigenvalue weighted by Crippen LogP contribution is 2.28. The highest BCUT2D eigenvalue weighted by atomic mass is 35.5. The third kappa shape index (κ3) is 7.75. The van der Waals surface area contributed by atoms with E-state index in [1.165, 1.54) is 4.90 Å². The van der Waals surface area contributed by atoms with Gasteiger partial charge in [-0.2, -0.15) is 0 Å². The SMILES string of the molecule is CCNC(=O)[C@@H](CC)N(Cc1c(Cl)cccc1Cl)C(=O)CN(c1ccc(OCC)cc1)S(C)(=O)=O. The monoisotopic (exact) mass is 543 g/mol. The zero-order valence-corrected chi connectivity index (χ0v) is 22.6. The Bertz CT molecular complexity index is 1110.